The van der Waals surface area contributed by atoms with Crippen molar-refractivity contribution in [1.29, 1.82) is 0 Å². The first-order valence-corrected chi connectivity index (χ1v) is 9.91. The fourth-order valence-electron chi connectivity index (χ4n) is 2.55. The Labute approximate surface area is 177 Å². The van der Waals surface area contributed by atoms with E-state index in [1.165, 1.54) is 14.2 Å². The van der Waals surface area contributed by atoms with Gasteiger partial charge in [0.2, 0.25) is 5.65 Å². The van der Waals surface area contributed by atoms with Gasteiger partial charge in [-0.1, -0.05) is 12.1 Å². The van der Waals surface area contributed by atoms with Gasteiger partial charge in [0.05, 0.1) is 26.0 Å². The minimum Gasteiger partial charge on any atom is -0.491 e. The highest BCUT2D eigenvalue weighted by Gasteiger charge is 2.41. The summed E-state index contributed by atoms with van der Waals surface area (Å²) in [5, 5.41) is 3.79. The Morgan fingerprint density at radius 3 is 2.44 bits per heavy atom. The summed E-state index contributed by atoms with van der Waals surface area (Å²) in [6, 6.07) is 2.96. The number of sulfonamides is 1. The van der Waals surface area contributed by atoms with Gasteiger partial charge in [0.25, 0.3) is 22.4 Å². The molecule has 10 nitrogen and oxygen atoms in total. The van der Waals surface area contributed by atoms with Crippen molar-refractivity contribution in [3.63, 3.8) is 0 Å². The molecule has 2 heterocycles. The second-order valence-corrected chi connectivity index (χ2v) is 7.60. The van der Waals surface area contributed by atoms with Crippen LogP contribution in [0.15, 0.2) is 35.4 Å². The van der Waals surface area contributed by atoms with Crippen LogP contribution in [0.25, 0.3) is 5.65 Å². The molecule has 3 rings (SSSR count). The number of hydrogen-bond donors (Lipinski definition) is 0. The Bertz CT molecular complexity index is 1180. The Hall–Kier alpha value is -3.27. The maximum Gasteiger partial charge on any atom is 0.417 e. The minimum absolute atomic E-state index is 0.0218. The van der Waals surface area contributed by atoms with Gasteiger partial charge in [-0.3, -0.25) is 0 Å². The lowest BCUT2D eigenvalue weighted by atomic mass is 10.2. The molecule has 0 atom stereocenters. The van der Waals surface area contributed by atoms with Gasteiger partial charge >= 0.3 is 12.2 Å². The first-order chi connectivity index (χ1) is 15.0. The minimum atomic E-state index is -5.23. The van der Waals surface area contributed by atoms with Gasteiger partial charge in [0, 0.05) is 0 Å². The van der Waals surface area contributed by atoms with E-state index in [1.54, 1.807) is 0 Å². The quantitative estimate of drug-likeness (QED) is 0.355. The van der Waals surface area contributed by atoms with Crippen LogP contribution in [0, 0.1) is 0 Å². The Morgan fingerprint density at radius 1 is 1.16 bits per heavy atom. The molecule has 32 heavy (non-hydrogen) atoms. The average Bonchev–Trinajstić information content (AvgIpc) is 3.17. The number of rotatable bonds is 8. The monoisotopic (exact) mass is 483 g/mol. The summed E-state index contributed by atoms with van der Waals surface area (Å²) in [4.78, 5) is 11.1. The first-order valence-electron chi connectivity index (χ1n) is 8.47. The lowest BCUT2D eigenvalue weighted by Gasteiger charge is -2.21. The largest absolute Gasteiger partial charge is 0.491 e. The normalized spacial score (nSPS) is 12.4. The van der Waals surface area contributed by atoms with E-state index in [9.17, 15) is 30.4 Å². The van der Waals surface area contributed by atoms with Gasteiger partial charge in [-0.25, -0.2) is 13.6 Å². The molecule has 0 bridgehead atoms. The molecule has 0 spiro atoms. The fraction of sp³-hybridized carbons (Fsp3) is 0.312. The zero-order valence-corrected chi connectivity index (χ0v) is 17.1. The van der Waals surface area contributed by atoms with E-state index in [1.807, 2.05) is 0 Å². The SMILES string of the molecule is COc1cnc(OC)n2nc(N(OCC(F)F)S(=O)(=O)c3ccccc3C(F)(F)F)nc12. The molecule has 0 amide bonds. The van der Waals surface area contributed by atoms with E-state index in [2.05, 4.69) is 19.9 Å². The molecule has 174 valence electrons. The molecule has 0 fully saturated rings. The van der Waals surface area contributed by atoms with Gasteiger partial charge in [0.15, 0.2) is 5.75 Å². The summed E-state index contributed by atoms with van der Waals surface area (Å²) in [6.45, 7) is -1.48. The summed E-state index contributed by atoms with van der Waals surface area (Å²) >= 11 is 0. The van der Waals surface area contributed by atoms with E-state index in [-0.39, 0.29) is 21.9 Å². The van der Waals surface area contributed by atoms with Crippen LogP contribution in [0.2, 0.25) is 0 Å². The highest BCUT2D eigenvalue weighted by atomic mass is 32.2. The molecule has 0 aliphatic carbocycles. The Kier molecular flexibility index (Phi) is 6.36. The van der Waals surface area contributed by atoms with Crippen molar-refractivity contribution in [3.8, 4) is 11.8 Å². The molecule has 2 aromatic heterocycles. The van der Waals surface area contributed by atoms with Gasteiger partial charge in [-0.05, 0) is 12.1 Å². The molecule has 0 saturated carbocycles. The molecular weight excluding hydrogens is 469 g/mol. The predicted molar refractivity (Wildman–Crippen MR) is 97.0 cm³/mol. The predicted octanol–water partition coefficient (Wildman–Crippen LogP) is 2.55. The van der Waals surface area contributed by atoms with E-state index in [4.69, 9.17) is 9.47 Å². The van der Waals surface area contributed by atoms with Gasteiger partial charge in [-0.2, -0.15) is 36.1 Å². The molecule has 0 aliphatic heterocycles. The third-order valence-corrected chi connectivity index (χ3v) is 5.48. The summed E-state index contributed by atoms with van der Waals surface area (Å²) in [5.41, 5.74) is -1.70. The average molecular weight is 483 g/mol. The van der Waals surface area contributed by atoms with Crippen molar-refractivity contribution >= 4 is 21.6 Å². The number of methoxy groups -OCH3 is 2. The molecule has 0 aliphatic rings. The van der Waals surface area contributed by atoms with Gasteiger partial charge in [0.1, 0.15) is 11.5 Å². The lowest BCUT2D eigenvalue weighted by Crippen LogP contribution is -2.35. The van der Waals surface area contributed by atoms with Crippen LogP contribution < -0.4 is 13.9 Å². The zero-order chi connectivity index (χ0) is 23.7. The summed E-state index contributed by atoms with van der Waals surface area (Å²) < 4.78 is 103. The van der Waals surface area contributed by atoms with Crippen molar-refractivity contribution in [2.75, 3.05) is 25.3 Å². The number of fused-ring (bicyclic) bond motifs is 1. The van der Waals surface area contributed by atoms with Crippen molar-refractivity contribution in [2.24, 2.45) is 0 Å². The summed E-state index contributed by atoms with van der Waals surface area (Å²) in [6.07, 6.45) is -7.07. The summed E-state index contributed by atoms with van der Waals surface area (Å²) in [5.74, 6) is -0.904. The summed E-state index contributed by atoms with van der Waals surface area (Å²) in [7, 11) is -2.79. The lowest BCUT2D eigenvalue weighted by molar-refractivity contribution is -0.139. The smallest absolute Gasteiger partial charge is 0.417 e. The van der Waals surface area contributed by atoms with Crippen molar-refractivity contribution in [2.45, 2.75) is 17.5 Å². The van der Waals surface area contributed by atoms with Gasteiger partial charge < -0.3 is 9.47 Å². The highest BCUT2D eigenvalue weighted by molar-refractivity contribution is 7.92. The second kappa shape index (κ2) is 8.70. The van der Waals surface area contributed by atoms with Crippen LogP contribution in [0.1, 0.15) is 5.56 Å². The number of hydrogen-bond acceptors (Lipinski definition) is 8. The van der Waals surface area contributed by atoms with Crippen LogP contribution in [-0.4, -0.2) is 55.3 Å². The highest BCUT2D eigenvalue weighted by Crippen LogP contribution is 2.36. The van der Waals surface area contributed by atoms with E-state index < -0.39 is 45.6 Å². The first kappa shape index (κ1) is 23.4. The number of ether oxygens (including phenoxy) is 2. The van der Waals surface area contributed by atoms with Crippen LogP contribution in [0.4, 0.5) is 27.9 Å². The molecule has 16 heteroatoms. The number of alkyl halides is 5. The topological polar surface area (TPSA) is 108 Å². The molecule has 0 N–H and O–H groups in total. The van der Waals surface area contributed by atoms with E-state index >= 15 is 0 Å². The zero-order valence-electron chi connectivity index (χ0n) is 16.2. The number of benzene rings is 1. The number of aromatic nitrogens is 4. The van der Waals surface area contributed by atoms with Crippen LogP contribution >= 0.6 is 0 Å². The third kappa shape index (κ3) is 4.36. The maximum atomic E-state index is 13.4. The van der Waals surface area contributed by atoms with Crippen molar-refractivity contribution in [3.05, 3.63) is 36.0 Å². The second-order valence-electron chi connectivity index (χ2n) is 5.87. The number of halogens is 5. The van der Waals surface area contributed by atoms with E-state index in [0.717, 1.165) is 22.8 Å². The molecule has 1 aromatic carbocycles. The molecule has 0 saturated heterocycles. The number of nitrogens with zero attached hydrogens (tertiary/aromatic N) is 5. The Balaban J connectivity index is 2.23. The van der Waals surface area contributed by atoms with Crippen LogP contribution in [0.5, 0.6) is 11.8 Å². The van der Waals surface area contributed by atoms with Crippen LogP contribution in [0.3, 0.4) is 0 Å². The van der Waals surface area contributed by atoms with Gasteiger partial charge in [-0.15, -0.1) is 9.57 Å². The van der Waals surface area contributed by atoms with Crippen LogP contribution in [-0.2, 0) is 21.0 Å². The number of anilines is 1. The molecule has 0 unspecified atom stereocenters. The maximum absolute atomic E-state index is 13.4. The van der Waals surface area contributed by atoms with Crippen molar-refractivity contribution < 1.29 is 44.7 Å². The molecule has 0 radical (unpaired) electrons. The fourth-order valence-corrected chi connectivity index (χ4v) is 3.94. The molecular formula is C16H14F5N5O5S. The Morgan fingerprint density at radius 2 is 1.84 bits per heavy atom. The van der Waals surface area contributed by atoms with Crippen molar-refractivity contribution in [1.82, 2.24) is 19.6 Å². The standard InChI is InChI=1S/C16H14F5N5O5S/c1-29-10-7-22-15(30-2)25-13(10)23-14(24-25)26(31-8-12(17)18)32(27,28)11-6-4-3-5-9(11)16(19,20)21/h3-7,12H,8H2,1-2H3. The van der Waals surface area contributed by atoms with E-state index in [0.29, 0.717) is 12.1 Å². The molecule has 3 aromatic rings. The third-order valence-electron chi connectivity index (χ3n) is 3.86.